The fourth-order valence-electron chi connectivity index (χ4n) is 2.54. The number of urea groups is 1. The van der Waals surface area contributed by atoms with Gasteiger partial charge in [0.15, 0.2) is 0 Å². The Morgan fingerprint density at radius 1 is 1.45 bits per heavy atom. The summed E-state index contributed by atoms with van der Waals surface area (Å²) in [6.07, 6.45) is 3.11. The molecule has 3 atom stereocenters. The minimum absolute atomic E-state index is 0.0443. The van der Waals surface area contributed by atoms with Crippen LogP contribution in [0.25, 0.3) is 0 Å². The smallest absolute Gasteiger partial charge is 0.319 e. The zero-order valence-corrected chi connectivity index (χ0v) is 12.1. The molecule has 2 rings (SSSR count). The number of nitrogens with two attached hydrogens (primary N) is 1. The Balaban J connectivity index is 1.87. The van der Waals surface area contributed by atoms with E-state index < -0.39 is 0 Å². The zero-order chi connectivity index (χ0) is 14.5. The number of ether oxygens (including phenoxy) is 1. The van der Waals surface area contributed by atoms with Gasteiger partial charge >= 0.3 is 6.03 Å². The minimum atomic E-state index is -0.173. The summed E-state index contributed by atoms with van der Waals surface area (Å²) < 4.78 is 5.30. The molecule has 1 aromatic carbocycles. The third kappa shape index (κ3) is 3.95. The van der Waals surface area contributed by atoms with Crippen LogP contribution in [0.3, 0.4) is 0 Å². The Bertz CT molecular complexity index is 462. The van der Waals surface area contributed by atoms with Gasteiger partial charge in [-0.3, -0.25) is 0 Å². The first-order chi connectivity index (χ1) is 9.58. The van der Waals surface area contributed by atoms with E-state index >= 15 is 0 Å². The predicted molar refractivity (Wildman–Crippen MR) is 79.6 cm³/mol. The van der Waals surface area contributed by atoms with Crippen LogP contribution in [0.1, 0.15) is 37.8 Å². The van der Waals surface area contributed by atoms with Crippen LogP contribution in [0.15, 0.2) is 24.3 Å². The van der Waals surface area contributed by atoms with Gasteiger partial charge in [-0.25, -0.2) is 4.79 Å². The third-order valence-corrected chi connectivity index (χ3v) is 3.72. The highest BCUT2D eigenvalue weighted by atomic mass is 16.5. The Morgan fingerprint density at radius 2 is 2.25 bits per heavy atom. The van der Waals surface area contributed by atoms with Gasteiger partial charge in [-0.2, -0.15) is 0 Å². The number of amides is 2. The predicted octanol–water partition coefficient (Wildman–Crippen LogP) is 2.40. The van der Waals surface area contributed by atoms with Crippen LogP contribution >= 0.6 is 0 Å². The minimum Gasteiger partial charge on any atom is -0.381 e. The van der Waals surface area contributed by atoms with Crippen molar-refractivity contribution in [3.05, 3.63) is 29.8 Å². The molecule has 1 aliphatic rings. The molecule has 1 saturated carbocycles. The number of nitrogens with one attached hydrogen (secondary N) is 2. The van der Waals surface area contributed by atoms with Crippen molar-refractivity contribution in [3.63, 3.8) is 0 Å². The van der Waals surface area contributed by atoms with Crippen molar-refractivity contribution in [1.82, 2.24) is 5.32 Å². The van der Waals surface area contributed by atoms with E-state index in [1.807, 2.05) is 31.2 Å². The Hall–Kier alpha value is -1.59. The first-order valence-corrected chi connectivity index (χ1v) is 7.04. The van der Waals surface area contributed by atoms with E-state index in [0.29, 0.717) is 0 Å². The van der Waals surface area contributed by atoms with Gasteiger partial charge in [0.05, 0.1) is 6.10 Å². The van der Waals surface area contributed by atoms with E-state index in [-0.39, 0.29) is 24.2 Å². The number of anilines is 1. The first-order valence-electron chi connectivity index (χ1n) is 7.04. The van der Waals surface area contributed by atoms with E-state index in [1.165, 1.54) is 0 Å². The van der Waals surface area contributed by atoms with Crippen LogP contribution in [0, 0.1) is 0 Å². The molecule has 0 bridgehead atoms. The molecule has 1 aliphatic carbocycles. The van der Waals surface area contributed by atoms with E-state index in [2.05, 4.69) is 10.6 Å². The second-order valence-corrected chi connectivity index (χ2v) is 5.38. The van der Waals surface area contributed by atoms with Gasteiger partial charge in [0.2, 0.25) is 0 Å². The van der Waals surface area contributed by atoms with Gasteiger partial charge in [-0.1, -0.05) is 12.1 Å². The van der Waals surface area contributed by atoms with Crippen LogP contribution < -0.4 is 16.4 Å². The van der Waals surface area contributed by atoms with Gasteiger partial charge in [-0.05, 0) is 43.9 Å². The van der Waals surface area contributed by atoms with Gasteiger partial charge in [0.25, 0.3) is 0 Å². The fraction of sp³-hybridized carbons (Fsp3) is 0.533. The molecule has 4 N–H and O–H groups in total. The number of benzene rings is 1. The Kier molecular flexibility index (Phi) is 4.98. The van der Waals surface area contributed by atoms with Gasteiger partial charge in [0, 0.05) is 24.9 Å². The molecule has 0 aromatic heterocycles. The van der Waals surface area contributed by atoms with Crippen LogP contribution in [0.2, 0.25) is 0 Å². The lowest BCUT2D eigenvalue weighted by Gasteiger charge is -2.14. The average Bonchev–Trinajstić information content (AvgIpc) is 2.86. The zero-order valence-electron chi connectivity index (χ0n) is 12.1. The lowest BCUT2D eigenvalue weighted by atomic mass is 10.1. The highest BCUT2D eigenvalue weighted by Gasteiger charge is 2.25. The van der Waals surface area contributed by atoms with Gasteiger partial charge in [0.1, 0.15) is 0 Å². The molecule has 2 amide bonds. The van der Waals surface area contributed by atoms with E-state index in [0.717, 1.165) is 30.5 Å². The van der Waals surface area contributed by atoms with Crippen molar-refractivity contribution in [2.24, 2.45) is 5.73 Å². The summed E-state index contributed by atoms with van der Waals surface area (Å²) in [6.45, 7) is 1.92. The molecule has 0 saturated heterocycles. The maximum atomic E-state index is 12.0. The Labute approximate surface area is 119 Å². The maximum absolute atomic E-state index is 12.0. The molecule has 1 fully saturated rings. The molecule has 110 valence electrons. The molecule has 0 aliphatic heterocycles. The van der Waals surface area contributed by atoms with Gasteiger partial charge in [-0.15, -0.1) is 0 Å². The van der Waals surface area contributed by atoms with Crippen molar-refractivity contribution >= 4 is 11.7 Å². The monoisotopic (exact) mass is 277 g/mol. The summed E-state index contributed by atoms with van der Waals surface area (Å²) in [4.78, 5) is 12.0. The summed E-state index contributed by atoms with van der Waals surface area (Å²) in [5, 5.41) is 5.83. The molecule has 0 radical (unpaired) electrons. The van der Waals surface area contributed by atoms with Crippen molar-refractivity contribution in [2.75, 3.05) is 12.4 Å². The van der Waals surface area contributed by atoms with E-state index in [1.54, 1.807) is 7.11 Å². The van der Waals surface area contributed by atoms with Crippen molar-refractivity contribution in [1.29, 1.82) is 0 Å². The van der Waals surface area contributed by atoms with Crippen LogP contribution in [-0.4, -0.2) is 25.3 Å². The molecule has 1 aromatic rings. The van der Waals surface area contributed by atoms with E-state index in [9.17, 15) is 4.79 Å². The lowest BCUT2D eigenvalue weighted by Crippen LogP contribution is -2.36. The number of hydrogen-bond donors (Lipinski definition) is 3. The average molecular weight is 277 g/mol. The quantitative estimate of drug-likeness (QED) is 0.791. The summed E-state index contributed by atoms with van der Waals surface area (Å²) in [5.74, 6) is 0. The fourth-order valence-corrected chi connectivity index (χ4v) is 2.54. The topological polar surface area (TPSA) is 76.4 Å². The third-order valence-electron chi connectivity index (χ3n) is 3.72. The van der Waals surface area contributed by atoms with Crippen LogP contribution in [0.5, 0.6) is 0 Å². The molecule has 5 nitrogen and oxygen atoms in total. The van der Waals surface area contributed by atoms with Crippen LogP contribution in [0.4, 0.5) is 10.5 Å². The normalized spacial score (nSPS) is 23.4. The highest BCUT2D eigenvalue weighted by molar-refractivity contribution is 5.89. The highest BCUT2D eigenvalue weighted by Crippen LogP contribution is 2.21. The number of rotatable bonds is 4. The molecular formula is C15H23N3O2. The van der Waals surface area contributed by atoms with Crippen molar-refractivity contribution in [3.8, 4) is 0 Å². The summed E-state index contributed by atoms with van der Waals surface area (Å²) >= 11 is 0. The van der Waals surface area contributed by atoms with Gasteiger partial charge < -0.3 is 21.1 Å². The number of hydrogen-bond acceptors (Lipinski definition) is 3. The SMILES string of the molecule is COC1CCC(NC(=O)Nc2cccc(C(C)N)c2)C1. The molecule has 3 unspecified atom stereocenters. The second kappa shape index (κ2) is 6.72. The summed E-state index contributed by atoms with van der Waals surface area (Å²) in [7, 11) is 1.71. The summed E-state index contributed by atoms with van der Waals surface area (Å²) in [5.41, 5.74) is 7.60. The maximum Gasteiger partial charge on any atom is 0.319 e. The molecule has 20 heavy (non-hydrogen) atoms. The molecular weight excluding hydrogens is 254 g/mol. The molecule has 5 heteroatoms. The number of methoxy groups -OCH3 is 1. The van der Waals surface area contributed by atoms with Crippen LogP contribution in [-0.2, 0) is 4.74 Å². The molecule has 0 heterocycles. The largest absolute Gasteiger partial charge is 0.381 e. The lowest BCUT2D eigenvalue weighted by molar-refractivity contribution is 0.107. The van der Waals surface area contributed by atoms with Crippen molar-refractivity contribution in [2.45, 2.75) is 44.4 Å². The molecule has 0 spiro atoms. The summed E-state index contributed by atoms with van der Waals surface area (Å²) in [6, 6.07) is 7.58. The number of carbonyl (C=O) groups is 1. The standard InChI is InChI=1S/C15H23N3O2/c1-10(16)11-4-3-5-12(8-11)17-15(19)18-13-6-7-14(9-13)20-2/h3-5,8,10,13-14H,6-7,9,16H2,1-2H3,(H2,17,18,19). The number of carbonyl (C=O) groups excluding carboxylic acids is 1. The Morgan fingerprint density at radius 3 is 2.90 bits per heavy atom. The second-order valence-electron chi connectivity index (χ2n) is 5.38. The van der Waals surface area contributed by atoms with Crippen molar-refractivity contribution < 1.29 is 9.53 Å². The first kappa shape index (κ1) is 14.8. The van der Waals surface area contributed by atoms with E-state index in [4.69, 9.17) is 10.5 Å².